The summed E-state index contributed by atoms with van der Waals surface area (Å²) in [4.78, 5) is 20.8. The first-order valence-corrected chi connectivity index (χ1v) is 9.07. The molecule has 0 aliphatic carbocycles. The number of ether oxygens (including phenoxy) is 3. The first-order chi connectivity index (χ1) is 14.2. The minimum atomic E-state index is -0.300. The molecule has 2 N–H and O–H groups in total. The number of methoxy groups -OCH3 is 1. The summed E-state index contributed by atoms with van der Waals surface area (Å²) in [6, 6.07) is 13.3. The predicted molar refractivity (Wildman–Crippen MR) is 106 cm³/mol. The van der Waals surface area contributed by atoms with Gasteiger partial charge in [-0.1, -0.05) is 24.3 Å². The topological polar surface area (TPSA) is 94.6 Å². The second-order valence-electron chi connectivity index (χ2n) is 6.32. The molecule has 148 valence electrons. The number of hydrogen-bond acceptors (Lipinski definition) is 7. The fourth-order valence-corrected chi connectivity index (χ4v) is 2.90. The first-order valence-electron chi connectivity index (χ1n) is 9.07. The van der Waals surface area contributed by atoms with Crippen LogP contribution in [0.1, 0.15) is 21.6 Å². The second kappa shape index (κ2) is 8.47. The molecule has 0 fully saturated rings. The number of aromatic nitrogens is 2. The second-order valence-corrected chi connectivity index (χ2v) is 6.32. The lowest BCUT2D eigenvalue weighted by Crippen LogP contribution is -2.24. The number of rotatable bonds is 7. The molecule has 2 heterocycles. The van der Waals surface area contributed by atoms with E-state index in [0.717, 1.165) is 16.9 Å². The van der Waals surface area contributed by atoms with Crippen LogP contribution in [0.5, 0.6) is 17.2 Å². The van der Waals surface area contributed by atoms with Gasteiger partial charge in [-0.15, -0.1) is 0 Å². The molecule has 1 aromatic heterocycles. The van der Waals surface area contributed by atoms with Gasteiger partial charge in [0.1, 0.15) is 17.3 Å². The van der Waals surface area contributed by atoms with Crippen LogP contribution in [-0.4, -0.2) is 29.8 Å². The minimum Gasteiger partial charge on any atom is -0.496 e. The summed E-state index contributed by atoms with van der Waals surface area (Å²) in [6.07, 6.45) is 2.98. The van der Waals surface area contributed by atoms with Crippen molar-refractivity contribution in [2.45, 2.75) is 13.1 Å². The summed E-state index contributed by atoms with van der Waals surface area (Å²) in [5.74, 6) is 2.46. The van der Waals surface area contributed by atoms with Crippen LogP contribution in [0.25, 0.3) is 0 Å². The van der Waals surface area contributed by atoms with Crippen LogP contribution in [0.2, 0.25) is 0 Å². The van der Waals surface area contributed by atoms with E-state index in [1.807, 2.05) is 42.5 Å². The molecule has 2 aromatic carbocycles. The monoisotopic (exact) mass is 392 g/mol. The van der Waals surface area contributed by atoms with Gasteiger partial charge in [-0.2, -0.15) is 0 Å². The van der Waals surface area contributed by atoms with Crippen molar-refractivity contribution in [3.63, 3.8) is 0 Å². The van der Waals surface area contributed by atoms with Gasteiger partial charge in [0, 0.05) is 18.7 Å². The van der Waals surface area contributed by atoms with Crippen LogP contribution in [0, 0.1) is 0 Å². The highest BCUT2D eigenvalue weighted by Gasteiger charge is 2.14. The molecule has 8 heteroatoms. The molecule has 0 saturated heterocycles. The van der Waals surface area contributed by atoms with Crippen LogP contribution in [0.4, 0.5) is 5.82 Å². The van der Waals surface area contributed by atoms with E-state index in [2.05, 4.69) is 20.6 Å². The maximum absolute atomic E-state index is 12.3. The van der Waals surface area contributed by atoms with Crippen molar-refractivity contribution in [2.75, 3.05) is 19.2 Å². The van der Waals surface area contributed by atoms with E-state index in [0.29, 0.717) is 30.4 Å². The van der Waals surface area contributed by atoms with Crippen LogP contribution in [0.3, 0.4) is 0 Å². The molecule has 1 aliphatic rings. The highest BCUT2D eigenvalue weighted by atomic mass is 16.7. The number of benzene rings is 2. The molecule has 0 bridgehead atoms. The Balaban J connectivity index is 1.32. The molecule has 3 aromatic rings. The predicted octanol–water partition coefficient (Wildman–Crippen LogP) is 2.76. The number of fused-ring (bicyclic) bond motifs is 1. The lowest BCUT2D eigenvalue weighted by atomic mass is 10.2. The zero-order valence-electron chi connectivity index (χ0n) is 15.8. The Hall–Kier alpha value is -3.81. The van der Waals surface area contributed by atoms with Crippen molar-refractivity contribution >= 4 is 11.7 Å². The van der Waals surface area contributed by atoms with E-state index in [1.54, 1.807) is 7.11 Å². The third kappa shape index (κ3) is 4.37. The van der Waals surface area contributed by atoms with E-state index in [9.17, 15) is 4.79 Å². The molecule has 29 heavy (non-hydrogen) atoms. The highest BCUT2D eigenvalue weighted by molar-refractivity contribution is 5.91. The van der Waals surface area contributed by atoms with Crippen molar-refractivity contribution < 1.29 is 19.0 Å². The molecule has 0 saturated carbocycles. The quantitative estimate of drug-likeness (QED) is 0.638. The number of amides is 1. The largest absolute Gasteiger partial charge is 0.496 e. The maximum Gasteiger partial charge on any atom is 0.271 e. The molecule has 0 unspecified atom stereocenters. The molecule has 4 rings (SSSR count). The molecule has 0 atom stereocenters. The summed E-state index contributed by atoms with van der Waals surface area (Å²) in [5, 5.41) is 6.00. The third-order valence-electron chi connectivity index (χ3n) is 4.43. The maximum atomic E-state index is 12.3. The number of anilines is 1. The number of nitrogens with zero attached hydrogens (tertiary/aromatic N) is 2. The van der Waals surface area contributed by atoms with E-state index in [4.69, 9.17) is 14.2 Å². The van der Waals surface area contributed by atoms with E-state index < -0.39 is 0 Å². The molecular formula is C21H20N4O4. The van der Waals surface area contributed by atoms with Gasteiger partial charge in [0.15, 0.2) is 11.5 Å². The van der Waals surface area contributed by atoms with Gasteiger partial charge >= 0.3 is 0 Å². The summed E-state index contributed by atoms with van der Waals surface area (Å²) in [5.41, 5.74) is 2.15. The van der Waals surface area contributed by atoms with Crippen LogP contribution >= 0.6 is 0 Å². The Kier molecular flexibility index (Phi) is 5.42. The Bertz CT molecular complexity index is 1010. The SMILES string of the molecule is COc1ccccc1CNc1cnc(C(=O)NCc2ccc3c(c2)OCO3)cn1. The minimum absolute atomic E-state index is 0.220. The molecular weight excluding hydrogens is 372 g/mol. The van der Waals surface area contributed by atoms with E-state index >= 15 is 0 Å². The van der Waals surface area contributed by atoms with E-state index in [1.165, 1.54) is 12.4 Å². The Morgan fingerprint density at radius 2 is 1.93 bits per heavy atom. The molecule has 1 aliphatic heterocycles. The van der Waals surface area contributed by atoms with Crippen molar-refractivity contribution in [3.8, 4) is 17.2 Å². The molecule has 8 nitrogen and oxygen atoms in total. The first kappa shape index (κ1) is 18.5. The lowest BCUT2D eigenvalue weighted by Gasteiger charge is -2.10. The normalized spacial score (nSPS) is 11.8. The number of carbonyl (C=O) groups excluding carboxylic acids is 1. The van der Waals surface area contributed by atoms with Gasteiger partial charge < -0.3 is 24.8 Å². The lowest BCUT2D eigenvalue weighted by molar-refractivity contribution is 0.0945. The zero-order valence-corrected chi connectivity index (χ0v) is 15.8. The summed E-state index contributed by atoms with van der Waals surface area (Å²) >= 11 is 0. The van der Waals surface area contributed by atoms with Crippen LogP contribution in [0.15, 0.2) is 54.9 Å². The van der Waals surface area contributed by atoms with Gasteiger partial charge in [0.2, 0.25) is 6.79 Å². The van der Waals surface area contributed by atoms with Crippen LogP contribution in [-0.2, 0) is 13.1 Å². The summed E-state index contributed by atoms with van der Waals surface area (Å²) in [7, 11) is 1.63. The van der Waals surface area contributed by atoms with E-state index in [-0.39, 0.29) is 18.4 Å². The summed E-state index contributed by atoms with van der Waals surface area (Å²) in [6.45, 7) is 1.11. The van der Waals surface area contributed by atoms with Crippen LogP contribution < -0.4 is 24.8 Å². The van der Waals surface area contributed by atoms with Gasteiger partial charge in [0.05, 0.1) is 19.5 Å². The molecule has 1 amide bonds. The van der Waals surface area contributed by atoms with Crippen molar-refractivity contribution in [2.24, 2.45) is 0 Å². The Morgan fingerprint density at radius 3 is 2.76 bits per heavy atom. The zero-order chi connectivity index (χ0) is 20.1. The fraction of sp³-hybridized carbons (Fsp3) is 0.190. The van der Waals surface area contributed by atoms with Crippen molar-refractivity contribution in [1.82, 2.24) is 15.3 Å². The average Bonchev–Trinajstić information content (AvgIpc) is 3.24. The van der Waals surface area contributed by atoms with Gasteiger partial charge in [-0.3, -0.25) is 4.79 Å². The number of nitrogens with one attached hydrogen (secondary N) is 2. The fourth-order valence-electron chi connectivity index (χ4n) is 2.90. The number of para-hydroxylation sites is 1. The Morgan fingerprint density at radius 1 is 1.07 bits per heavy atom. The smallest absolute Gasteiger partial charge is 0.271 e. The number of carbonyl (C=O) groups is 1. The molecule has 0 radical (unpaired) electrons. The summed E-state index contributed by atoms with van der Waals surface area (Å²) < 4.78 is 15.9. The van der Waals surface area contributed by atoms with Crippen molar-refractivity contribution in [3.05, 3.63) is 71.7 Å². The Labute approximate surface area is 167 Å². The van der Waals surface area contributed by atoms with Gasteiger partial charge in [-0.25, -0.2) is 9.97 Å². The van der Waals surface area contributed by atoms with Crippen molar-refractivity contribution in [1.29, 1.82) is 0 Å². The van der Waals surface area contributed by atoms with Gasteiger partial charge in [0.25, 0.3) is 5.91 Å². The standard InChI is InChI=1S/C21H20N4O4/c1-27-17-5-3-2-4-15(17)10-23-20-12-22-16(11-24-20)21(26)25-9-14-6-7-18-19(8-14)29-13-28-18/h2-8,11-12H,9-10,13H2,1H3,(H,23,24)(H,25,26). The third-order valence-corrected chi connectivity index (χ3v) is 4.43. The average molecular weight is 392 g/mol. The highest BCUT2D eigenvalue weighted by Crippen LogP contribution is 2.32. The van der Waals surface area contributed by atoms with Gasteiger partial charge in [-0.05, 0) is 23.8 Å². The molecule has 0 spiro atoms. The number of hydrogen-bond donors (Lipinski definition) is 2.